The van der Waals surface area contributed by atoms with Crippen LogP contribution < -0.4 is 0 Å². The van der Waals surface area contributed by atoms with E-state index in [1.54, 1.807) is 0 Å². The number of rotatable bonds is 4. The highest BCUT2D eigenvalue weighted by Gasteiger charge is 2.36. The highest BCUT2D eigenvalue weighted by Crippen LogP contribution is 2.43. The zero-order chi connectivity index (χ0) is 20.1. The van der Waals surface area contributed by atoms with Gasteiger partial charge < -0.3 is 9.84 Å². The predicted octanol–water partition coefficient (Wildman–Crippen LogP) is 5.33. The molecule has 2 heteroatoms. The SMILES string of the molecule is COC1c2cc(C(C)(C)C)cc(CCC3(O)Cc4ccccc4C3)c2CC1C. The fraction of sp³-hybridized carbons (Fsp3) is 0.538. The minimum absolute atomic E-state index is 0.106. The van der Waals surface area contributed by atoms with Gasteiger partial charge in [-0.05, 0) is 64.0 Å². The van der Waals surface area contributed by atoms with E-state index in [1.165, 1.54) is 33.4 Å². The summed E-state index contributed by atoms with van der Waals surface area (Å²) in [5.41, 5.74) is 7.74. The summed E-state index contributed by atoms with van der Waals surface area (Å²) >= 11 is 0. The molecule has 0 aliphatic heterocycles. The number of methoxy groups -OCH3 is 1. The topological polar surface area (TPSA) is 29.5 Å². The summed E-state index contributed by atoms with van der Waals surface area (Å²) in [4.78, 5) is 0. The molecule has 2 aromatic carbocycles. The Kier molecular flexibility index (Phi) is 4.92. The number of benzene rings is 2. The molecule has 2 nitrogen and oxygen atoms in total. The average Bonchev–Trinajstić information content (AvgIpc) is 3.14. The standard InChI is InChI=1S/C26H34O2/c1-17-12-22-18(13-21(25(2,3)4)14-23(22)24(17)28-5)10-11-26(27)15-19-8-6-7-9-20(19)16-26/h6-9,13-14,17,24,27H,10-12,15-16H2,1-5H3. The Balaban J connectivity index is 1.62. The van der Waals surface area contributed by atoms with Crippen LogP contribution >= 0.6 is 0 Å². The second-order valence-electron chi connectivity index (χ2n) is 10.1. The van der Waals surface area contributed by atoms with Crippen molar-refractivity contribution in [3.05, 3.63) is 69.8 Å². The van der Waals surface area contributed by atoms with Crippen LogP contribution in [0.3, 0.4) is 0 Å². The van der Waals surface area contributed by atoms with Crippen LogP contribution in [-0.4, -0.2) is 17.8 Å². The molecular formula is C26H34O2. The van der Waals surface area contributed by atoms with Crippen molar-refractivity contribution >= 4 is 0 Å². The maximum absolute atomic E-state index is 11.3. The van der Waals surface area contributed by atoms with Gasteiger partial charge in [0.25, 0.3) is 0 Å². The molecule has 0 radical (unpaired) electrons. The molecule has 2 aliphatic rings. The fourth-order valence-electron chi connectivity index (χ4n) is 5.23. The van der Waals surface area contributed by atoms with Crippen LogP contribution in [0.5, 0.6) is 0 Å². The Morgan fingerprint density at radius 1 is 1.11 bits per heavy atom. The molecule has 0 saturated carbocycles. The van der Waals surface area contributed by atoms with Crippen molar-refractivity contribution in [2.45, 2.75) is 76.9 Å². The second kappa shape index (κ2) is 7.00. The molecule has 0 heterocycles. The normalized spacial score (nSPS) is 22.9. The van der Waals surface area contributed by atoms with Gasteiger partial charge in [-0.25, -0.2) is 0 Å². The van der Waals surface area contributed by atoms with Crippen molar-refractivity contribution in [2.24, 2.45) is 5.92 Å². The lowest BCUT2D eigenvalue weighted by molar-refractivity contribution is 0.0426. The van der Waals surface area contributed by atoms with E-state index in [9.17, 15) is 5.11 Å². The number of aliphatic hydroxyl groups is 1. The van der Waals surface area contributed by atoms with Crippen LogP contribution in [0.25, 0.3) is 0 Å². The van der Waals surface area contributed by atoms with Crippen LogP contribution in [0.1, 0.15) is 73.6 Å². The zero-order valence-corrected chi connectivity index (χ0v) is 18.0. The third kappa shape index (κ3) is 3.53. The summed E-state index contributed by atoms with van der Waals surface area (Å²) in [5, 5.41) is 11.3. The first-order chi connectivity index (χ1) is 13.2. The van der Waals surface area contributed by atoms with Gasteiger partial charge in [-0.15, -0.1) is 0 Å². The molecule has 0 fully saturated rings. The van der Waals surface area contributed by atoms with Gasteiger partial charge in [0.1, 0.15) is 0 Å². The summed E-state index contributed by atoms with van der Waals surface area (Å²) in [6.07, 6.45) is 4.57. The van der Waals surface area contributed by atoms with Gasteiger partial charge in [0.15, 0.2) is 0 Å². The van der Waals surface area contributed by atoms with Gasteiger partial charge >= 0.3 is 0 Å². The van der Waals surface area contributed by atoms with Crippen molar-refractivity contribution in [3.63, 3.8) is 0 Å². The smallest absolute Gasteiger partial charge is 0.0852 e. The van der Waals surface area contributed by atoms with E-state index in [1.807, 2.05) is 7.11 Å². The van der Waals surface area contributed by atoms with E-state index in [-0.39, 0.29) is 11.5 Å². The number of fused-ring (bicyclic) bond motifs is 2. The van der Waals surface area contributed by atoms with Gasteiger partial charge in [0.05, 0.1) is 11.7 Å². The van der Waals surface area contributed by atoms with Gasteiger partial charge in [-0.2, -0.15) is 0 Å². The van der Waals surface area contributed by atoms with Crippen molar-refractivity contribution in [1.29, 1.82) is 0 Å². The van der Waals surface area contributed by atoms with E-state index in [0.717, 1.165) is 32.1 Å². The summed E-state index contributed by atoms with van der Waals surface area (Å²) < 4.78 is 5.86. The fourth-order valence-corrected chi connectivity index (χ4v) is 5.23. The Morgan fingerprint density at radius 3 is 2.32 bits per heavy atom. The maximum atomic E-state index is 11.3. The van der Waals surface area contributed by atoms with Crippen LogP contribution in [-0.2, 0) is 35.8 Å². The molecule has 28 heavy (non-hydrogen) atoms. The van der Waals surface area contributed by atoms with Crippen LogP contribution in [0.4, 0.5) is 0 Å². The van der Waals surface area contributed by atoms with E-state index in [0.29, 0.717) is 5.92 Å². The lowest BCUT2D eigenvalue weighted by Gasteiger charge is -2.26. The highest BCUT2D eigenvalue weighted by atomic mass is 16.5. The lowest BCUT2D eigenvalue weighted by atomic mass is 9.82. The van der Waals surface area contributed by atoms with Gasteiger partial charge in [0.2, 0.25) is 0 Å². The second-order valence-corrected chi connectivity index (χ2v) is 10.1. The molecule has 2 aromatic rings. The Labute approximate surface area is 169 Å². The summed E-state index contributed by atoms with van der Waals surface area (Å²) in [6.45, 7) is 9.12. The molecule has 0 saturated heterocycles. The van der Waals surface area contributed by atoms with Gasteiger partial charge in [0, 0.05) is 20.0 Å². The molecule has 4 rings (SSSR count). The number of hydrogen-bond donors (Lipinski definition) is 1. The number of aryl methyl sites for hydroxylation is 1. The third-order valence-electron chi connectivity index (χ3n) is 6.86. The van der Waals surface area contributed by atoms with E-state index >= 15 is 0 Å². The van der Waals surface area contributed by atoms with Crippen molar-refractivity contribution in [3.8, 4) is 0 Å². The summed E-state index contributed by atoms with van der Waals surface area (Å²) in [6, 6.07) is 13.3. The summed E-state index contributed by atoms with van der Waals surface area (Å²) in [7, 11) is 1.83. The molecular weight excluding hydrogens is 344 g/mol. The van der Waals surface area contributed by atoms with Crippen LogP contribution in [0, 0.1) is 5.92 Å². The lowest BCUT2D eigenvalue weighted by Crippen LogP contribution is -2.30. The monoisotopic (exact) mass is 378 g/mol. The maximum Gasteiger partial charge on any atom is 0.0852 e. The first-order valence-electron chi connectivity index (χ1n) is 10.7. The van der Waals surface area contributed by atoms with Crippen molar-refractivity contribution in [2.75, 3.05) is 7.11 Å². The van der Waals surface area contributed by atoms with E-state index in [2.05, 4.69) is 64.1 Å². The zero-order valence-electron chi connectivity index (χ0n) is 18.0. The largest absolute Gasteiger partial charge is 0.389 e. The quantitative estimate of drug-likeness (QED) is 0.779. The molecule has 2 atom stereocenters. The Bertz CT molecular complexity index is 849. The van der Waals surface area contributed by atoms with Crippen LogP contribution in [0.15, 0.2) is 36.4 Å². The Hall–Kier alpha value is -1.64. The van der Waals surface area contributed by atoms with Crippen LogP contribution in [0.2, 0.25) is 0 Å². The minimum Gasteiger partial charge on any atom is -0.389 e. The average molecular weight is 379 g/mol. The first kappa shape index (κ1) is 19.7. The number of ether oxygens (including phenoxy) is 1. The molecule has 0 aromatic heterocycles. The highest BCUT2D eigenvalue weighted by molar-refractivity contribution is 5.46. The van der Waals surface area contributed by atoms with Crippen molar-refractivity contribution in [1.82, 2.24) is 0 Å². The number of hydrogen-bond acceptors (Lipinski definition) is 2. The molecule has 0 spiro atoms. The first-order valence-corrected chi connectivity index (χ1v) is 10.7. The molecule has 2 aliphatic carbocycles. The molecule has 1 N–H and O–H groups in total. The molecule has 2 unspecified atom stereocenters. The van der Waals surface area contributed by atoms with E-state index < -0.39 is 5.60 Å². The minimum atomic E-state index is -0.612. The summed E-state index contributed by atoms with van der Waals surface area (Å²) in [5.74, 6) is 0.507. The molecule has 150 valence electrons. The van der Waals surface area contributed by atoms with Crippen molar-refractivity contribution < 1.29 is 9.84 Å². The van der Waals surface area contributed by atoms with E-state index in [4.69, 9.17) is 4.74 Å². The molecule has 0 amide bonds. The third-order valence-corrected chi connectivity index (χ3v) is 6.86. The van der Waals surface area contributed by atoms with Gasteiger partial charge in [-0.1, -0.05) is 64.1 Å². The predicted molar refractivity (Wildman–Crippen MR) is 115 cm³/mol. The molecule has 0 bridgehead atoms. The van der Waals surface area contributed by atoms with Gasteiger partial charge in [-0.3, -0.25) is 0 Å². The Morgan fingerprint density at radius 2 is 1.75 bits per heavy atom.